The Kier molecular flexibility index (Phi) is 7.45. The molecule has 1 aliphatic rings. The van der Waals surface area contributed by atoms with E-state index in [0.717, 1.165) is 0 Å². The molecule has 28 heavy (non-hydrogen) atoms. The molecule has 1 aromatic rings. The number of rotatable bonds is 8. The first kappa shape index (κ1) is 21.7. The van der Waals surface area contributed by atoms with E-state index in [1.54, 1.807) is 25.1 Å². The summed E-state index contributed by atoms with van der Waals surface area (Å²) in [6, 6.07) is 4.87. The standard InChI is InChI=1S/C19H25NO7S/c1-4-20(15-10-11-28(23,24)13-15)17(21)12-27-18(22)9-8-14-6-5-7-16(25-2)19(14)26-3/h5-9,15H,4,10-13H2,1-3H3/b9-8+/t15-/m1/s1. The van der Waals surface area contributed by atoms with Gasteiger partial charge in [-0.15, -0.1) is 0 Å². The van der Waals surface area contributed by atoms with Gasteiger partial charge in [-0.05, 0) is 25.5 Å². The van der Waals surface area contributed by atoms with Gasteiger partial charge in [-0.25, -0.2) is 13.2 Å². The molecule has 0 radical (unpaired) electrons. The van der Waals surface area contributed by atoms with Crippen LogP contribution in [0, 0.1) is 0 Å². The van der Waals surface area contributed by atoms with Crippen molar-refractivity contribution in [2.75, 3.05) is 38.9 Å². The van der Waals surface area contributed by atoms with Gasteiger partial charge in [0.2, 0.25) is 0 Å². The molecule has 1 aliphatic heterocycles. The van der Waals surface area contributed by atoms with Gasteiger partial charge in [-0.2, -0.15) is 0 Å². The molecule has 154 valence electrons. The molecular formula is C19H25NO7S. The van der Waals surface area contributed by atoms with Crippen LogP contribution >= 0.6 is 0 Å². The predicted molar refractivity (Wildman–Crippen MR) is 104 cm³/mol. The van der Waals surface area contributed by atoms with Crippen LogP contribution in [0.1, 0.15) is 18.9 Å². The maximum absolute atomic E-state index is 12.3. The van der Waals surface area contributed by atoms with Crippen LogP contribution in [0.4, 0.5) is 0 Å². The minimum Gasteiger partial charge on any atom is -0.493 e. The summed E-state index contributed by atoms with van der Waals surface area (Å²) in [5.41, 5.74) is 0.622. The lowest BCUT2D eigenvalue weighted by Gasteiger charge is -2.26. The first-order valence-corrected chi connectivity index (χ1v) is 10.7. The van der Waals surface area contributed by atoms with E-state index in [2.05, 4.69) is 0 Å². The molecule has 9 heteroatoms. The average molecular weight is 411 g/mol. The zero-order chi connectivity index (χ0) is 20.7. The predicted octanol–water partition coefficient (Wildman–Crippen LogP) is 1.30. The first-order valence-electron chi connectivity index (χ1n) is 8.87. The van der Waals surface area contributed by atoms with E-state index in [1.807, 2.05) is 0 Å². The number of ether oxygens (including phenoxy) is 3. The first-order chi connectivity index (χ1) is 13.3. The number of likely N-dealkylation sites (N-methyl/N-ethyl adjacent to an activating group) is 1. The maximum atomic E-state index is 12.3. The van der Waals surface area contributed by atoms with Crippen LogP contribution in [0.2, 0.25) is 0 Å². The summed E-state index contributed by atoms with van der Waals surface area (Å²) < 4.78 is 38.7. The fraction of sp³-hybridized carbons (Fsp3) is 0.474. The van der Waals surface area contributed by atoms with Crippen molar-refractivity contribution in [3.8, 4) is 11.5 Å². The van der Waals surface area contributed by atoms with Gasteiger partial charge < -0.3 is 19.1 Å². The number of benzene rings is 1. The molecule has 0 unspecified atom stereocenters. The van der Waals surface area contributed by atoms with Crippen LogP contribution in [0.15, 0.2) is 24.3 Å². The summed E-state index contributed by atoms with van der Waals surface area (Å²) in [6.07, 6.45) is 3.11. The Morgan fingerprint density at radius 1 is 1.25 bits per heavy atom. The van der Waals surface area contributed by atoms with Crippen molar-refractivity contribution in [3.05, 3.63) is 29.8 Å². The van der Waals surface area contributed by atoms with Crippen molar-refractivity contribution < 1.29 is 32.2 Å². The number of carbonyl (C=O) groups is 2. The molecular weight excluding hydrogens is 386 g/mol. The highest BCUT2D eigenvalue weighted by Crippen LogP contribution is 2.31. The van der Waals surface area contributed by atoms with Crippen molar-refractivity contribution in [1.29, 1.82) is 0 Å². The van der Waals surface area contributed by atoms with Gasteiger partial charge in [0.1, 0.15) is 0 Å². The van der Waals surface area contributed by atoms with Crippen LogP contribution in [0.3, 0.4) is 0 Å². The van der Waals surface area contributed by atoms with Gasteiger partial charge in [-0.3, -0.25) is 4.79 Å². The largest absolute Gasteiger partial charge is 0.493 e. The Bertz CT molecular complexity index is 848. The molecule has 8 nitrogen and oxygen atoms in total. The maximum Gasteiger partial charge on any atom is 0.331 e. The van der Waals surface area contributed by atoms with E-state index in [9.17, 15) is 18.0 Å². The normalized spacial score (nSPS) is 18.0. The molecule has 0 saturated carbocycles. The number of esters is 1. The summed E-state index contributed by atoms with van der Waals surface area (Å²) in [6.45, 7) is 1.68. The quantitative estimate of drug-likeness (QED) is 0.469. The van der Waals surface area contributed by atoms with Crippen LogP contribution in [-0.2, 0) is 24.2 Å². The Morgan fingerprint density at radius 3 is 2.57 bits per heavy atom. The van der Waals surface area contributed by atoms with Crippen LogP contribution in [0.5, 0.6) is 11.5 Å². The van der Waals surface area contributed by atoms with Gasteiger partial charge >= 0.3 is 5.97 Å². The molecule has 2 rings (SSSR count). The summed E-state index contributed by atoms with van der Waals surface area (Å²) in [5.74, 6) is -0.0655. The molecule has 1 saturated heterocycles. The summed E-state index contributed by atoms with van der Waals surface area (Å²) >= 11 is 0. The third-order valence-electron chi connectivity index (χ3n) is 4.48. The minimum absolute atomic E-state index is 0.0456. The van der Waals surface area contributed by atoms with Crippen molar-refractivity contribution in [2.45, 2.75) is 19.4 Å². The molecule has 0 aromatic heterocycles. The van der Waals surface area contributed by atoms with Gasteiger partial charge in [0.15, 0.2) is 27.9 Å². The second kappa shape index (κ2) is 9.59. The van der Waals surface area contributed by atoms with Crippen molar-refractivity contribution in [1.82, 2.24) is 4.90 Å². The topological polar surface area (TPSA) is 99.2 Å². The SMILES string of the molecule is CCN(C(=O)COC(=O)/C=C/c1cccc(OC)c1OC)[C@@H]1CCS(=O)(=O)C1. The Balaban J connectivity index is 1.95. The van der Waals surface area contributed by atoms with Crippen molar-refractivity contribution in [3.63, 3.8) is 0 Å². The number of nitrogens with zero attached hydrogens (tertiary/aromatic N) is 1. The number of methoxy groups -OCH3 is 2. The molecule has 1 fully saturated rings. The smallest absolute Gasteiger partial charge is 0.331 e. The zero-order valence-corrected chi connectivity index (χ0v) is 17.0. The number of sulfone groups is 1. The number of para-hydroxylation sites is 1. The van der Waals surface area contributed by atoms with Crippen LogP contribution in [-0.4, -0.2) is 70.1 Å². The van der Waals surface area contributed by atoms with Crippen LogP contribution in [0.25, 0.3) is 6.08 Å². The molecule has 0 spiro atoms. The number of carbonyl (C=O) groups excluding carboxylic acids is 2. The Hall–Kier alpha value is -2.55. The van der Waals surface area contributed by atoms with E-state index < -0.39 is 28.3 Å². The van der Waals surface area contributed by atoms with Gasteiger partial charge in [-0.1, -0.05) is 12.1 Å². The summed E-state index contributed by atoms with van der Waals surface area (Å²) in [7, 11) is -0.0930. The molecule has 0 bridgehead atoms. The van der Waals surface area contributed by atoms with Crippen LogP contribution < -0.4 is 9.47 Å². The summed E-state index contributed by atoms with van der Waals surface area (Å²) in [4.78, 5) is 25.7. The third kappa shape index (κ3) is 5.48. The highest BCUT2D eigenvalue weighted by atomic mass is 32.2. The molecule has 1 heterocycles. The van der Waals surface area contributed by atoms with Crippen molar-refractivity contribution >= 4 is 27.8 Å². The molecule has 1 atom stereocenters. The highest BCUT2D eigenvalue weighted by Gasteiger charge is 2.34. The Morgan fingerprint density at radius 2 is 2.00 bits per heavy atom. The van der Waals surface area contributed by atoms with Crippen molar-refractivity contribution in [2.24, 2.45) is 0 Å². The zero-order valence-electron chi connectivity index (χ0n) is 16.2. The lowest BCUT2D eigenvalue weighted by Crippen LogP contribution is -2.43. The molecule has 1 amide bonds. The fourth-order valence-electron chi connectivity index (χ4n) is 3.12. The summed E-state index contributed by atoms with van der Waals surface area (Å²) in [5, 5.41) is 0. The monoisotopic (exact) mass is 411 g/mol. The average Bonchev–Trinajstić information content (AvgIpc) is 3.04. The minimum atomic E-state index is -3.10. The fourth-order valence-corrected chi connectivity index (χ4v) is 4.86. The lowest BCUT2D eigenvalue weighted by atomic mass is 10.1. The van der Waals surface area contributed by atoms with E-state index in [1.165, 1.54) is 31.3 Å². The van der Waals surface area contributed by atoms with Gasteiger partial charge in [0.25, 0.3) is 5.91 Å². The molecule has 1 aromatic carbocycles. The lowest BCUT2D eigenvalue weighted by molar-refractivity contribution is -0.149. The van der Waals surface area contributed by atoms with E-state index >= 15 is 0 Å². The number of hydrogen-bond acceptors (Lipinski definition) is 7. The third-order valence-corrected chi connectivity index (χ3v) is 6.23. The number of amides is 1. The van der Waals surface area contributed by atoms with Gasteiger partial charge in [0, 0.05) is 24.2 Å². The Labute approximate surface area is 165 Å². The number of hydrogen-bond donors (Lipinski definition) is 0. The second-order valence-corrected chi connectivity index (χ2v) is 8.49. The molecule has 0 aliphatic carbocycles. The van der Waals surface area contributed by atoms with E-state index in [0.29, 0.717) is 30.0 Å². The van der Waals surface area contributed by atoms with Gasteiger partial charge in [0.05, 0.1) is 25.7 Å². The molecule has 0 N–H and O–H groups in total. The second-order valence-electron chi connectivity index (χ2n) is 6.26. The van der Waals surface area contributed by atoms with E-state index in [-0.39, 0.29) is 17.5 Å². The highest BCUT2D eigenvalue weighted by molar-refractivity contribution is 7.91. The van der Waals surface area contributed by atoms with E-state index in [4.69, 9.17) is 14.2 Å².